The summed E-state index contributed by atoms with van der Waals surface area (Å²) in [5, 5.41) is 0. The highest BCUT2D eigenvalue weighted by molar-refractivity contribution is 5.82. The average molecular weight is 382 g/mol. The lowest BCUT2D eigenvalue weighted by Crippen LogP contribution is -2.49. The van der Waals surface area contributed by atoms with E-state index < -0.39 is 0 Å². The van der Waals surface area contributed by atoms with Gasteiger partial charge in [-0.2, -0.15) is 0 Å². The number of rotatable bonds is 5. The van der Waals surface area contributed by atoms with Crippen molar-refractivity contribution in [2.24, 2.45) is 0 Å². The van der Waals surface area contributed by atoms with Crippen LogP contribution in [0.2, 0.25) is 0 Å². The molecule has 2 fully saturated rings. The standard InChI is InChI=1S/C21H26N4O3/c1-27-17-5-2-4-15(12-17)19-13-20(24-23-19)21(26)25-10-7-16(8-11-25)28-18-6-3-9-22-14-18/h2-6,9,12,14,16,19-20,23-24H,7-8,10-11,13H2,1H3. The topological polar surface area (TPSA) is 75.7 Å². The Kier molecular flexibility index (Phi) is 5.73. The molecule has 0 saturated carbocycles. The number of hydrogen-bond donors (Lipinski definition) is 2. The molecule has 0 bridgehead atoms. The number of amides is 1. The molecular formula is C21H26N4O3. The van der Waals surface area contributed by atoms with Crippen LogP contribution in [0.15, 0.2) is 48.8 Å². The predicted molar refractivity (Wildman–Crippen MR) is 105 cm³/mol. The second-order valence-corrected chi connectivity index (χ2v) is 7.24. The molecule has 148 valence electrons. The number of benzene rings is 1. The van der Waals surface area contributed by atoms with Gasteiger partial charge >= 0.3 is 0 Å². The molecule has 1 amide bonds. The van der Waals surface area contributed by atoms with Crippen molar-refractivity contribution in [1.29, 1.82) is 0 Å². The zero-order valence-corrected chi connectivity index (χ0v) is 16.0. The van der Waals surface area contributed by atoms with Crippen molar-refractivity contribution in [1.82, 2.24) is 20.7 Å². The van der Waals surface area contributed by atoms with E-state index in [9.17, 15) is 4.79 Å². The number of nitrogens with one attached hydrogen (secondary N) is 2. The normalized spacial score (nSPS) is 22.8. The summed E-state index contributed by atoms with van der Waals surface area (Å²) < 4.78 is 11.3. The highest BCUT2D eigenvalue weighted by Gasteiger charge is 2.34. The van der Waals surface area contributed by atoms with Crippen molar-refractivity contribution in [2.75, 3.05) is 20.2 Å². The van der Waals surface area contributed by atoms with Gasteiger partial charge in [0, 0.05) is 38.2 Å². The molecule has 2 aromatic rings. The number of piperidine rings is 1. The number of ether oxygens (including phenoxy) is 2. The number of nitrogens with zero attached hydrogens (tertiary/aromatic N) is 2. The lowest BCUT2D eigenvalue weighted by Gasteiger charge is -2.33. The maximum Gasteiger partial charge on any atom is 0.241 e. The zero-order chi connectivity index (χ0) is 19.3. The summed E-state index contributed by atoms with van der Waals surface area (Å²) in [6.45, 7) is 1.43. The molecule has 28 heavy (non-hydrogen) atoms. The smallest absolute Gasteiger partial charge is 0.241 e. The summed E-state index contributed by atoms with van der Waals surface area (Å²) >= 11 is 0. The van der Waals surface area contributed by atoms with Gasteiger partial charge in [-0.05, 0) is 36.2 Å². The number of aromatic nitrogens is 1. The molecule has 7 nitrogen and oxygen atoms in total. The first kappa shape index (κ1) is 18.7. The monoisotopic (exact) mass is 382 g/mol. The van der Waals surface area contributed by atoms with Crippen LogP contribution in [0.3, 0.4) is 0 Å². The Bertz CT molecular complexity index is 793. The van der Waals surface area contributed by atoms with Crippen LogP contribution in [-0.2, 0) is 4.79 Å². The number of likely N-dealkylation sites (tertiary alicyclic amines) is 1. The van der Waals surface area contributed by atoms with Crippen LogP contribution in [0.1, 0.15) is 30.9 Å². The summed E-state index contributed by atoms with van der Waals surface area (Å²) in [7, 11) is 1.66. The summed E-state index contributed by atoms with van der Waals surface area (Å²) in [6, 6.07) is 11.6. The van der Waals surface area contributed by atoms with Gasteiger partial charge in [0.25, 0.3) is 0 Å². The molecule has 0 radical (unpaired) electrons. The Hall–Kier alpha value is -2.64. The maximum atomic E-state index is 12.9. The van der Waals surface area contributed by atoms with Crippen molar-refractivity contribution in [3.05, 3.63) is 54.4 Å². The van der Waals surface area contributed by atoms with Crippen LogP contribution in [0.25, 0.3) is 0 Å². The van der Waals surface area contributed by atoms with Crippen molar-refractivity contribution in [2.45, 2.75) is 37.5 Å². The molecule has 2 N–H and O–H groups in total. The fraction of sp³-hybridized carbons (Fsp3) is 0.429. The fourth-order valence-corrected chi connectivity index (χ4v) is 3.82. The molecule has 2 aliphatic heterocycles. The van der Waals surface area contributed by atoms with Gasteiger partial charge in [-0.1, -0.05) is 12.1 Å². The highest BCUT2D eigenvalue weighted by Crippen LogP contribution is 2.27. The molecule has 3 heterocycles. The lowest BCUT2D eigenvalue weighted by atomic mass is 10.00. The average Bonchev–Trinajstić information content (AvgIpc) is 3.25. The van der Waals surface area contributed by atoms with E-state index in [1.165, 1.54) is 0 Å². The van der Waals surface area contributed by atoms with Gasteiger partial charge < -0.3 is 14.4 Å². The summed E-state index contributed by atoms with van der Waals surface area (Å²) in [6.07, 6.45) is 5.98. The molecule has 4 rings (SSSR count). The molecule has 2 unspecified atom stereocenters. The van der Waals surface area contributed by atoms with E-state index >= 15 is 0 Å². The van der Waals surface area contributed by atoms with Crippen molar-refractivity contribution in [3.8, 4) is 11.5 Å². The van der Waals surface area contributed by atoms with Gasteiger partial charge in [-0.15, -0.1) is 0 Å². The third-order valence-electron chi connectivity index (χ3n) is 5.39. The summed E-state index contributed by atoms with van der Waals surface area (Å²) in [4.78, 5) is 18.9. The minimum absolute atomic E-state index is 0.0931. The highest BCUT2D eigenvalue weighted by atomic mass is 16.5. The van der Waals surface area contributed by atoms with E-state index in [4.69, 9.17) is 9.47 Å². The van der Waals surface area contributed by atoms with Crippen LogP contribution in [0.4, 0.5) is 0 Å². The van der Waals surface area contributed by atoms with Gasteiger partial charge in [0.15, 0.2) is 0 Å². The van der Waals surface area contributed by atoms with E-state index in [0.29, 0.717) is 13.1 Å². The van der Waals surface area contributed by atoms with E-state index in [-0.39, 0.29) is 24.1 Å². The van der Waals surface area contributed by atoms with Crippen LogP contribution in [-0.4, -0.2) is 48.1 Å². The number of pyridine rings is 1. The minimum atomic E-state index is -0.216. The molecule has 2 atom stereocenters. The molecular weight excluding hydrogens is 356 g/mol. The van der Waals surface area contributed by atoms with Gasteiger partial charge in [0.1, 0.15) is 23.6 Å². The van der Waals surface area contributed by atoms with Gasteiger partial charge in [-0.25, -0.2) is 10.9 Å². The van der Waals surface area contributed by atoms with E-state index in [1.807, 2.05) is 35.2 Å². The van der Waals surface area contributed by atoms with E-state index in [1.54, 1.807) is 19.5 Å². The molecule has 0 spiro atoms. The molecule has 0 aliphatic carbocycles. The van der Waals surface area contributed by atoms with Gasteiger partial charge in [0.2, 0.25) is 5.91 Å². The molecule has 2 aliphatic rings. The lowest BCUT2D eigenvalue weighted by molar-refractivity contribution is -0.135. The molecule has 2 saturated heterocycles. The Balaban J connectivity index is 1.28. The van der Waals surface area contributed by atoms with Gasteiger partial charge in [-0.3, -0.25) is 9.78 Å². The third kappa shape index (κ3) is 4.26. The number of carbonyl (C=O) groups excluding carboxylic acids is 1. The molecule has 1 aromatic heterocycles. The zero-order valence-electron chi connectivity index (χ0n) is 16.0. The second-order valence-electron chi connectivity index (χ2n) is 7.24. The first-order valence-electron chi connectivity index (χ1n) is 9.73. The first-order valence-corrected chi connectivity index (χ1v) is 9.73. The number of hydrazine groups is 1. The molecule has 1 aromatic carbocycles. The van der Waals surface area contributed by atoms with Crippen LogP contribution >= 0.6 is 0 Å². The van der Waals surface area contributed by atoms with E-state index in [0.717, 1.165) is 36.3 Å². The van der Waals surface area contributed by atoms with Crippen LogP contribution in [0, 0.1) is 0 Å². The maximum absolute atomic E-state index is 12.9. The molecule has 7 heteroatoms. The first-order chi connectivity index (χ1) is 13.7. The number of hydrogen-bond acceptors (Lipinski definition) is 6. The fourth-order valence-electron chi connectivity index (χ4n) is 3.82. The van der Waals surface area contributed by atoms with E-state index in [2.05, 4.69) is 21.9 Å². The van der Waals surface area contributed by atoms with Crippen LogP contribution in [0.5, 0.6) is 11.5 Å². The Labute approximate surface area is 165 Å². The minimum Gasteiger partial charge on any atom is -0.497 e. The van der Waals surface area contributed by atoms with Crippen molar-refractivity contribution < 1.29 is 14.3 Å². The Morgan fingerprint density at radius 3 is 2.71 bits per heavy atom. The number of methoxy groups -OCH3 is 1. The predicted octanol–water partition coefficient (Wildman–Crippen LogP) is 2.07. The van der Waals surface area contributed by atoms with Crippen molar-refractivity contribution in [3.63, 3.8) is 0 Å². The SMILES string of the molecule is COc1cccc(C2CC(C(=O)N3CCC(Oc4cccnc4)CC3)NN2)c1. The summed E-state index contributed by atoms with van der Waals surface area (Å²) in [5.41, 5.74) is 7.54. The second kappa shape index (κ2) is 8.58. The Morgan fingerprint density at radius 1 is 1.14 bits per heavy atom. The largest absolute Gasteiger partial charge is 0.497 e. The van der Waals surface area contributed by atoms with Crippen LogP contribution < -0.4 is 20.3 Å². The van der Waals surface area contributed by atoms with Gasteiger partial charge in [0.05, 0.1) is 13.3 Å². The summed E-state index contributed by atoms with van der Waals surface area (Å²) in [5.74, 6) is 1.76. The van der Waals surface area contributed by atoms with Crippen molar-refractivity contribution >= 4 is 5.91 Å². The third-order valence-corrected chi connectivity index (χ3v) is 5.39. The quantitative estimate of drug-likeness (QED) is 0.825. The number of carbonyl (C=O) groups is 1. The Morgan fingerprint density at radius 2 is 1.96 bits per heavy atom.